The van der Waals surface area contributed by atoms with Crippen molar-refractivity contribution in [3.05, 3.63) is 83.3 Å². The third-order valence-corrected chi connectivity index (χ3v) is 5.47. The first-order valence-corrected chi connectivity index (χ1v) is 10.4. The SMILES string of the molecule is COc1ccc2cc(CN(C)C(=O)COC(=O)c3cc4ccc(F)cc4nc3C)ccc2c1. The fourth-order valence-electron chi connectivity index (χ4n) is 3.62. The molecular weight excluding hydrogens is 423 g/mol. The summed E-state index contributed by atoms with van der Waals surface area (Å²) in [6.45, 7) is 1.63. The molecule has 0 unspecified atom stereocenters. The van der Waals surface area contributed by atoms with Gasteiger partial charge in [0, 0.05) is 25.0 Å². The first-order valence-electron chi connectivity index (χ1n) is 10.4. The Morgan fingerprint density at radius 2 is 1.70 bits per heavy atom. The number of nitrogens with zero attached hydrogens (tertiary/aromatic N) is 2. The molecule has 1 amide bonds. The number of hydrogen-bond donors (Lipinski definition) is 0. The number of aromatic nitrogens is 1. The Balaban J connectivity index is 1.39. The second-order valence-electron chi connectivity index (χ2n) is 7.83. The summed E-state index contributed by atoms with van der Waals surface area (Å²) < 4.78 is 23.9. The van der Waals surface area contributed by atoms with Crippen LogP contribution in [0.1, 0.15) is 21.6 Å². The summed E-state index contributed by atoms with van der Waals surface area (Å²) in [4.78, 5) is 30.9. The number of methoxy groups -OCH3 is 1. The molecule has 168 valence electrons. The molecule has 4 aromatic rings. The van der Waals surface area contributed by atoms with E-state index in [4.69, 9.17) is 9.47 Å². The van der Waals surface area contributed by atoms with Gasteiger partial charge in [0.2, 0.25) is 0 Å². The van der Waals surface area contributed by atoms with Crippen molar-refractivity contribution in [2.75, 3.05) is 20.8 Å². The molecule has 3 aromatic carbocycles. The molecule has 0 atom stereocenters. The second-order valence-corrected chi connectivity index (χ2v) is 7.83. The largest absolute Gasteiger partial charge is 0.497 e. The standard InChI is InChI=1S/C26H23FN2O4/c1-16-23(12-20-6-8-21(27)13-24(20)28-16)26(31)33-15-25(30)29(2)14-17-4-5-19-11-22(32-3)9-7-18(19)10-17/h4-13H,14-15H2,1-3H3. The summed E-state index contributed by atoms with van der Waals surface area (Å²) in [6, 6.07) is 17.5. The van der Waals surface area contributed by atoms with E-state index in [2.05, 4.69) is 4.98 Å². The molecule has 0 aliphatic rings. The van der Waals surface area contributed by atoms with Crippen LogP contribution in [0.4, 0.5) is 4.39 Å². The van der Waals surface area contributed by atoms with Gasteiger partial charge < -0.3 is 14.4 Å². The minimum Gasteiger partial charge on any atom is -0.497 e. The fourth-order valence-corrected chi connectivity index (χ4v) is 3.62. The minimum atomic E-state index is -0.646. The zero-order chi connectivity index (χ0) is 23.5. The van der Waals surface area contributed by atoms with Gasteiger partial charge >= 0.3 is 5.97 Å². The molecule has 33 heavy (non-hydrogen) atoms. The predicted molar refractivity (Wildman–Crippen MR) is 124 cm³/mol. The normalized spacial score (nSPS) is 10.9. The van der Waals surface area contributed by atoms with Gasteiger partial charge in [-0.1, -0.05) is 18.2 Å². The number of ether oxygens (including phenoxy) is 2. The molecule has 0 saturated heterocycles. The zero-order valence-corrected chi connectivity index (χ0v) is 18.6. The van der Waals surface area contributed by atoms with Gasteiger partial charge in [-0.3, -0.25) is 9.78 Å². The molecule has 0 radical (unpaired) electrons. The van der Waals surface area contributed by atoms with Crippen molar-refractivity contribution in [3.63, 3.8) is 0 Å². The monoisotopic (exact) mass is 446 g/mol. The van der Waals surface area contributed by atoms with Crippen LogP contribution < -0.4 is 4.74 Å². The lowest BCUT2D eigenvalue weighted by Gasteiger charge is -2.18. The van der Waals surface area contributed by atoms with Gasteiger partial charge in [0.15, 0.2) is 6.61 Å². The van der Waals surface area contributed by atoms with E-state index in [0.717, 1.165) is 22.1 Å². The van der Waals surface area contributed by atoms with E-state index in [9.17, 15) is 14.0 Å². The average molecular weight is 446 g/mol. The summed E-state index contributed by atoms with van der Waals surface area (Å²) in [5, 5.41) is 2.70. The van der Waals surface area contributed by atoms with Gasteiger partial charge in [-0.2, -0.15) is 0 Å². The Labute approximate surface area is 190 Å². The van der Waals surface area contributed by atoms with Crippen molar-refractivity contribution in [3.8, 4) is 5.75 Å². The molecule has 0 N–H and O–H groups in total. The third-order valence-electron chi connectivity index (χ3n) is 5.47. The maximum Gasteiger partial charge on any atom is 0.340 e. The van der Waals surface area contributed by atoms with Crippen molar-refractivity contribution in [1.29, 1.82) is 0 Å². The first-order chi connectivity index (χ1) is 15.8. The van der Waals surface area contributed by atoms with E-state index in [1.807, 2.05) is 36.4 Å². The number of carbonyl (C=O) groups excluding carboxylic acids is 2. The van der Waals surface area contributed by atoms with Gasteiger partial charge in [-0.05, 0) is 59.7 Å². The number of esters is 1. The molecular formula is C26H23FN2O4. The number of pyridine rings is 1. The minimum absolute atomic E-state index is 0.245. The van der Waals surface area contributed by atoms with Crippen LogP contribution in [0.25, 0.3) is 21.7 Å². The molecule has 0 aliphatic carbocycles. The Morgan fingerprint density at radius 1 is 0.970 bits per heavy atom. The van der Waals surface area contributed by atoms with E-state index in [1.54, 1.807) is 33.2 Å². The van der Waals surface area contributed by atoms with Crippen LogP contribution in [-0.2, 0) is 16.1 Å². The molecule has 0 bridgehead atoms. The maximum atomic E-state index is 13.4. The van der Waals surface area contributed by atoms with Crippen LogP contribution in [0.3, 0.4) is 0 Å². The van der Waals surface area contributed by atoms with Crippen LogP contribution >= 0.6 is 0 Å². The highest BCUT2D eigenvalue weighted by Gasteiger charge is 2.17. The predicted octanol–water partition coefficient (Wildman–Crippen LogP) is 4.66. The number of fused-ring (bicyclic) bond motifs is 2. The third kappa shape index (κ3) is 4.92. The number of likely N-dealkylation sites (N-methyl/N-ethyl adjacent to an activating group) is 1. The van der Waals surface area contributed by atoms with Crippen molar-refractivity contribution >= 4 is 33.6 Å². The van der Waals surface area contributed by atoms with Crippen LogP contribution in [0.5, 0.6) is 5.75 Å². The fraction of sp³-hybridized carbons (Fsp3) is 0.192. The lowest BCUT2D eigenvalue weighted by molar-refractivity contribution is -0.133. The summed E-state index contributed by atoms with van der Waals surface area (Å²) in [7, 11) is 3.29. The maximum absolute atomic E-state index is 13.4. The van der Waals surface area contributed by atoms with E-state index in [-0.39, 0.29) is 18.1 Å². The van der Waals surface area contributed by atoms with Crippen molar-refractivity contribution in [1.82, 2.24) is 9.88 Å². The molecule has 4 rings (SSSR count). The van der Waals surface area contributed by atoms with Crippen LogP contribution in [0.2, 0.25) is 0 Å². The molecule has 1 aromatic heterocycles. The quantitative estimate of drug-likeness (QED) is 0.403. The van der Waals surface area contributed by atoms with Crippen molar-refractivity contribution < 1.29 is 23.5 Å². The average Bonchev–Trinajstić information content (AvgIpc) is 2.81. The van der Waals surface area contributed by atoms with Crippen LogP contribution in [0.15, 0.2) is 60.7 Å². The Hall–Kier alpha value is -4.00. The Morgan fingerprint density at radius 3 is 2.48 bits per heavy atom. The summed E-state index contributed by atoms with van der Waals surface area (Å²) >= 11 is 0. The number of rotatable bonds is 6. The lowest BCUT2D eigenvalue weighted by atomic mass is 10.1. The van der Waals surface area contributed by atoms with E-state index >= 15 is 0 Å². The second kappa shape index (κ2) is 9.24. The number of hydrogen-bond acceptors (Lipinski definition) is 5. The topological polar surface area (TPSA) is 68.7 Å². The van der Waals surface area contributed by atoms with Gasteiger partial charge in [0.05, 0.1) is 23.9 Å². The van der Waals surface area contributed by atoms with E-state index < -0.39 is 11.8 Å². The molecule has 1 heterocycles. The van der Waals surface area contributed by atoms with E-state index in [1.165, 1.54) is 17.0 Å². The van der Waals surface area contributed by atoms with E-state index in [0.29, 0.717) is 23.1 Å². The number of aryl methyl sites for hydroxylation is 1. The van der Waals surface area contributed by atoms with Gasteiger partial charge in [0.1, 0.15) is 11.6 Å². The number of amides is 1. The van der Waals surface area contributed by atoms with Gasteiger partial charge in [0.25, 0.3) is 5.91 Å². The van der Waals surface area contributed by atoms with Gasteiger partial charge in [-0.25, -0.2) is 9.18 Å². The molecule has 0 saturated carbocycles. The van der Waals surface area contributed by atoms with Gasteiger partial charge in [-0.15, -0.1) is 0 Å². The lowest BCUT2D eigenvalue weighted by Crippen LogP contribution is -2.31. The molecule has 7 heteroatoms. The Kier molecular flexibility index (Phi) is 6.22. The number of benzene rings is 3. The highest BCUT2D eigenvalue weighted by Crippen LogP contribution is 2.22. The number of carbonyl (C=O) groups is 2. The van der Waals surface area contributed by atoms with Crippen LogP contribution in [0, 0.1) is 12.7 Å². The number of halogens is 1. The van der Waals surface area contributed by atoms with Crippen LogP contribution in [-0.4, -0.2) is 42.5 Å². The molecule has 6 nitrogen and oxygen atoms in total. The molecule has 0 aliphatic heterocycles. The summed E-state index contributed by atoms with van der Waals surface area (Å²) in [5.41, 5.74) is 2.06. The summed E-state index contributed by atoms with van der Waals surface area (Å²) in [6.07, 6.45) is 0. The summed E-state index contributed by atoms with van der Waals surface area (Å²) in [5.74, 6) is -0.586. The first kappa shape index (κ1) is 22.2. The van der Waals surface area contributed by atoms with Crippen molar-refractivity contribution in [2.24, 2.45) is 0 Å². The highest BCUT2D eigenvalue weighted by atomic mass is 19.1. The smallest absolute Gasteiger partial charge is 0.340 e. The van der Waals surface area contributed by atoms with Crippen molar-refractivity contribution in [2.45, 2.75) is 13.5 Å². The Bertz CT molecular complexity index is 1370. The molecule has 0 spiro atoms. The zero-order valence-electron chi connectivity index (χ0n) is 18.6. The highest BCUT2D eigenvalue weighted by molar-refractivity contribution is 5.96. The molecule has 0 fully saturated rings.